The van der Waals surface area contributed by atoms with Crippen LogP contribution < -0.4 is 0 Å². The van der Waals surface area contributed by atoms with Crippen molar-refractivity contribution >= 4 is 21.8 Å². The van der Waals surface area contributed by atoms with Crippen molar-refractivity contribution in [2.75, 3.05) is 0 Å². The van der Waals surface area contributed by atoms with Gasteiger partial charge in [0, 0.05) is 16.0 Å². The first-order valence-corrected chi connectivity index (χ1v) is 8.33. The predicted octanol–water partition coefficient (Wildman–Crippen LogP) is 4.61. The molecule has 103 valence electrons. The fraction of sp³-hybridized carbons (Fsp3) is 0.100. The molecule has 0 fully saturated rings. The summed E-state index contributed by atoms with van der Waals surface area (Å²) in [6.45, 7) is 0. The van der Waals surface area contributed by atoms with Crippen molar-refractivity contribution in [3.8, 4) is 0 Å². The van der Waals surface area contributed by atoms with Crippen LogP contribution in [-0.4, -0.2) is 10.2 Å². The molecule has 0 unspecified atom stereocenters. The van der Waals surface area contributed by atoms with Crippen molar-refractivity contribution < 1.29 is 0 Å². The largest absolute Gasteiger partial charge is 0.0840 e. The van der Waals surface area contributed by atoms with Gasteiger partial charge in [-0.25, -0.2) is 0 Å². The fourth-order valence-electron chi connectivity index (χ4n) is 4.25. The number of hydrogen-bond acceptors (Lipinski definition) is 0. The third-order valence-electron chi connectivity index (χ3n) is 5.10. The van der Waals surface area contributed by atoms with Crippen molar-refractivity contribution in [1.82, 2.24) is 0 Å². The summed E-state index contributed by atoms with van der Waals surface area (Å²) in [6, 6.07) is 23.7. The van der Waals surface area contributed by atoms with Gasteiger partial charge < -0.3 is 0 Å². The average Bonchev–Trinajstić information content (AvgIpc) is 2.56. The molecule has 0 N–H and O–H groups in total. The fourth-order valence-corrected chi connectivity index (χ4v) is 5.21. The first-order valence-electron chi connectivity index (χ1n) is 7.45. The smallest absolute Gasteiger partial charge is 0.0510 e. The lowest BCUT2D eigenvalue weighted by Gasteiger charge is -2.49. The predicted molar refractivity (Wildman–Crippen MR) is 90.9 cm³/mol. The van der Waals surface area contributed by atoms with Gasteiger partial charge in [-0.05, 0) is 39.4 Å². The molecule has 0 amide bonds. The minimum Gasteiger partial charge on any atom is -0.0840 e. The minimum atomic E-state index is -0.303. The van der Waals surface area contributed by atoms with E-state index in [9.17, 15) is 0 Å². The van der Waals surface area contributed by atoms with Crippen LogP contribution in [0.5, 0.6) is 0 Å². The van der Waals surface area contributed by atoms with Crippen molar-refractivity contribution in [2.24, 2.45) is 0 Å². The molecule has 2 heteroatoms. The highest BCUT2D eigenvalue weighted by Gasteiger charge is 2.49. The second-order valence-electron chi connectivity index (χ2n) is 6.06. The molecule has 0 saturated heterocycles. The molecule has 6 rings (SSSR count). The molecule has 0 heterocycles. The van der Waals surface area contributed by atoms with Crippen molar-refractivity contribution in [2.45, 2.75) is 11.0 Å². The molecule has 0 aliphatic heterocycles. The topological polar surface area (TPSA) is 0 Å². The van der Waals surface area contributed by atoms with Crippen LogP contribution in [0.4, 0.5) is 0 Å². The van der Waals surface area contributed by atoms with Crippen molar-refractivity contribution in [3.63, 3.8) is 0 Å². The Balaban J connectivity index is 2.01. The van der Waals surface area contributed by atoms with Gasteiger partial charge in [0.05, 0.1) is 10.2 Å². The van der Waals surface area contributed by atoms with E-state index in [2.05, 4.69) is 70.9 Å². The van der Waals surface area contributed by atoms with Crippen LogP contribution >= 0.6 is 11.6 Å². The number of rotatable bonds is 0. The first kappa shape index (κ1) is 12.7. The minimum absolute atomic E-state index is 0.231. The zero-order chi connectivity index (χ0) is 14.9. The van der Waals surface area contributed by atoms with Crippen LogP contribution in [0.25, 0.3) is 0 Å². The zero-order valence-corrected chi connectivity index (χ0v) is 13.6. The molecule has 3 radical (unpaired) electrons. The number of hydrogen-bond donors (Lipinski definition) is 0. The van der Waals surface area contributed by atoms with Gasteiger partial charge in [0.2, 0.25) is 0 Å². The van der Waals surface area contributed by atoms with Crippen LogP contribution in [-0.2, 0) is 5.04 Å². The van der Waals surface area contributed by atoms with Crippen LogP contribution in [0.15, 0.2) is 66.7 Å². The Morgan fingerprint density at radius 3 is 1.91 bits per heavy atom. The van der Waals surface area contributed by atoms with Gasteiger partial charge in [0.15, 0.2) is 0 Å². The summed E-state index contributed by atoms with van der Waals surface area (Å²) in [5, 5.41) is 0.552. The number of benzene rings is 3. The lowest BCUT2D eigenvalue weighted by atomic mass is 9.60. The molecule has 3 aromatic rings. The van der Waals surface area contributed by atoms with E-state index in [1.165, 1.54) is 33.4 Å². The Morgan fingerprint density at radius 1 is 0.727 bits per heavy atom. The summed E-state index contributed by atoms with van der Waals surface area (Å²) in [6.07, 6.45) is 0. The van der Waals surface area contributed by atoms with Crippen molar-refractivity contribution in [3.05, 3.63) is 105 Å². The maximum absolute atomic E-state index is 6.61. The monoisotopic (exact) mass is 315 g/mol. The summed E-state index contributed by atoms with van der Waals surface area (Å²) in [7, 11) is 4.17. The molecular weight excluding hydrogens is 304 g/mol. The zero-order valence-electron chi connectivity index (χ0n) is 11.8. The van der Waals surface area contributed by atoms with E-state index in [0.717, 1.165) is 5.02 Å². The van der Waals surface area contributed by atoms with E-state index in [0.29, 0.717) is 0 Å². The van der Waals surface area contributed by atoms with E-state index in [1.54, 1.807) is 0 Å². The number of halogens is 1. The highest BCUT2D eigenvalue weighted by atomic mass is 35.5. The quantitative estimate of drug-likeness (QED) is 0.532. The van der Waals surface area contributed by atoms with E-state index >= 15 is 0 Å². The molecule has 3 aliphatic carbocycles. The third kappa shape index (κ3) is 1.30. The van der Waals surface area contributed by atoms with Gasteiger partial charge in [-0.3, -0.25) is 0 Å². The molecule has 0 saturated carbocycles. The standard InChI is InChI=1S/C20H12ClSi/c21-17-11-5-10-16-19(17)18-12-6-1-3-8-14(12)20(16,22)15-9-4-2-7-13(15)18/h1-11,18H. The molecule has 0 aromatic heterocycles. The highest BCUT2D eigenvalue weighted by molar-refractivity contribution is 6.32. The Kier molecular flexibility index (Phi) is 2.38. The average molecular weight is 316 g/mol. The first-order chi connectivity index (χ1) is 10.7. The highest BCUT2D eigenvalue weighted by Crippen LogP contribution is 2.58. The summed E-state index contributed by atoms with van der Waals surface area (Å²) in [4.78, 5) is 0. The second kappa shape index (κ2) is 4.12. The van der Waals surface area contributed by atoms with E-state index in [4.69, 9.17) is 11.6 Å². The summed E-state index contributed by atoms with van der Waals surface area (Å²) in [5.74, 6) is 0.231. The maximum atomic E-state index is 6.61. The van der Waals surface area contributed by atoms with E-state index < -0.39 is 0 Å². The molecule has 2 bridgehead atoms. The Labute approximate surface area is 138 Å². The van der Waals surface area contributed by atoms with Gasteiger partial charge in [0.1, 0.15) is 0 Å². The normalized spacial score (nSPS) is 23.6. The van der Waals surface area contributed by atoms with Crippen LogP contribution in [0.2, 0.25) is 5.02 Å². The van der Waals surface area contributed by atoms with E-state index in [1.807, 2.05) is 6.07 Å². The Hall–Kier alpha value is -1.83. The third-order valence-corrected chi connectivity index (χ3v) is 6.23. The van der Waals surface area contributed by atoms with Crippen molar-refractivity contribution in [1.29, 1.82) is 0 Å². The Morgan fingerprint density at radius 2 is 1.27 bits per heavy atom. The van der Waals surface area contributed by atoms with Gasteiger partial charge in [-0.1, -0.05) is 72.3 Å². The van der Waals surface area contributed by atoms with E-state index in [-0.39, 0.29) is 11.0 Å². The molecular formula is C20H12ClSi. The molecule has 3 aromatic carbocycles. The van der Waals surface area contributed by atoms with Gasteiger partial charge >= 0.3 is 0 Å². The second-order valence-corrected chi connectivity index (χ2v) is 7.22. The Bertz CT molecular complexity index is 881. The molecule has 0 nitrogen and oxygen atoms in total. The van der Waals surface area contributed by atoms with Gasteiger partial charge in [0.25, 0.3) is 0 Å². The van der Waals surface area contributed by atoms with Crippen LogP contribution in [0, 0.1) is 0 Å². The lowest BCUT2D eigenvalue weighted by Crippen LogP contribution is -2.42. The van der Waals surface area contributed by atoms with Crippen LogP contribution in [0.3, 0.4) is 0 Å². The molecule has 3 aliphatic rings. The molecule has 22 heavy (non-hydrogen) atoms. The SMILES string of the molecule is [Si]C12c3ccccc3C(c3ccccc31)c1c(Cl)cccc12. The molecule has 0 spiro atoms. The lowest BCUT2D eigenvalue weighted by molar-refractivity contribution is 0.704. The summed E-state index contributed by atoms with van der Waals surface area (Å²) in [5.41, 5.74) is 7.92. The van der Waals surface area contributed by atoms with Gasteiger partial charge in [-0.15, -0.1) is 0 Å². The molecule has 0 atom stereocenters. The van der Waals surface area contributed by atoms with Crippen LogP contribution in [0.1, 0.15) is 39.3 Å². The maximum Gasteiger partial charge on any atom is 0.0510 e. The van der Waals surface area contributed by atoms with Gasteiger partial charge in [-0.2, -0.15) is 0 Å². The summed E-state index contributed by atoms with van der Waals surface area (Å²) >= 11 is 6.61. The summed E-state index contributed by atoms with van der Waals surface area (Å²) < 4.78 is 0.